The van der Waals surface area contributed by atoms with Crippen LogP contribution in [0.1, 0.15) is 31.9 Å². The number of methoxy groups -OCH3 is 1. The van der Waals surface area contributed by atoms with Gasteiger partial charge in [-0.3, -0.25) is 0 Å². The van der Waals surface area contributed by atoms with Gasteiger partial charge in [-0.2, -0.15) is 0 Å². The van der Waals surface area contributed by atoms with Crippen molar-refractivity contribution < 1.29 is 4.74 Å². The minimum absolute atomic E-state index is 0.448. The summed E-state index contributed by atoms with van der Waals surface area (Å²) in [5.74, 6) is 1.61. The smallest absolute Gasteiger partial charge is 0.119 e. The zero-order chi connectivity index (χ0) is 12.3. The molecule has 1 aromatic carbocycles. The zero-order valence-electron chi connectivity index (χ0n) is 10.9. The van der Waals surface area contributed by atoms with E-state index in [0.29, 0.717) is 12.0 Å². The summed E-state index contributed by atoms with van der Waals surface area (Å²) in [5.41, 5.74) is 2.56. The summed E-state index contributed by atoms with van der Waals surface area (Å²) < 4.78 is 5.30. The molecular weight excluding hydrogens is 212 g/mol. The first-order chi connectivity index (χ1) is 8.20. The van der Waals surface area contributed by atoms with Crippen molar-refractivity contribution >= 4 is 5.69 Å². The highest BCUT2D eigenvalue weighted by Gasteiger charge is 2.20. The molecule has 2 N–H and O–H groups in total. The van der Waals surface area contributed by atoms with Crippen LogP contribution in [0.5, 0.6) is 5.75 Å². The Morgan fingerprint density at radius 3 is 3.00 bits per heavy atom. The number of ether oxygens (including phenoxy) is 1. The van der Waals surface area contributed by atoms with Gasteiger partial charge in [0.15, 0.2) is 0 Å². The first-order valence-electron chi connectivity index (χ1n) is 6.36. The van der Waals surface area contributed by atoms with Crippen LogP contribution in [-0.2, 0) is 0 Å². The van der Waals surface area contributed by atoms with E-state index in [1.165, 1.54) is 11.3 Å². The van der Waals surface area contributed by atoms with Crippen molar-refractivity contribution in [2.24, 2.45) is 5.92 Å². The lowest BCUT2D eigenvalue weighted by Gasteiger charge is -2.28. The Hall–Kier alpha value is -1.22. The highest BCUT2D eigenvalue weighted by Crippen LogP contribution is 2.32. The maximum atomic E-state index is 5.30. The fourth-order valence-corrected chi connectivity index (χ4v) is 2.21. The lowest BCUT2D eigenvalue weighted by atomic mass is 9.97. The van der Waals surface area contributed by atoms with Crippen LogP contribution in [0.2, 0.25) is 0 Å². The van der Waals surface area contributed by atoms with Crippen molar-refractivity contribution in [1.82, 2.24) is 5.32 Å². The van der Waals surface area contributed by atoms with Crippen LogP contribution < -0.4 is 15.4 Å². The standard InChI is InChI=1S/C14H22N2O/c1-10(2)9-16-14-6-7-15-13-5-4-11(17-3)8-12(13)14/h4-5,8,10,14-16H,6-7,9H2,1-3H3. The summed E-state index contributed by atoms with van der Waals surface area (Å²) >= 11 is 0. The van der Waals surface area contributed by atoms with Crippen LogP contribution in [0.25, 0.3) is 0 Å². The van der Waals surface area contributed by atoms with Gasteiger partial charge in [0, 0.05) is 18.3 Å². The summed E-state index contributed by atoms with van der Waals surface area (Å²) in [6.07, 6.45) is 1.13. The van der Waals surface area contributed by atoms with E-state index in [4.69, 9.17) is 4.74 Å². The molecule has 1 unspecified atom stereocenters. The van der Waals surface area contributed by atoms with E-state index < -0.39 is 0 Å². The molecule has 0 radical (unpaired) electrons. The van der Waals surface area contributed by atoms with Gasteiger partial charge >= 0.3 is 0 Å². The van der Waals surface area contributed by atoms with Crippen LogP contribution in [-0.4, -0.2) is 20.2 Å². The maximum absolute atomic E-state index is 5.30. The van der Waals surface area contributed by atoms with Gasteiger partial charge in [-0.15, -0.1) is 0 Å². The molecule has 0 bridgehead atoms. The Labute approximate surface area is 104 Å². The van der Waals surface area contributed by atoms with Crippen LogP contribution in [0.15, 0.2) is 18.2 Å². The normalized spacial score (nSPS) is 18.7. The first-order valence-corrected chi connectivity index (χ1v) is 6.36. The molecule has 1 aromatic rings. The van der Waals surface area contributed by atoms with Crippen LogP contribution in [0.4, 0.5) is 5.69 Å². The second-order valence-corrected chi connectivity index (χ2v) is 5.02. The van der Waals surface area contributed by atoms with Crippen LogP contribution >= 0.6 is 0 Å². The van der Waals surface area contributed by atoms with Gasteiger partial charge in [-0.25, -0.2) is 0 Å². The van der Waals surface area contributed by atoms with E-state index in [9.17, 15) is 0 Å². The number of hydrogen-bond donors (Lipinski definition) is 2. The number of anilines is 1. The molecule has 3 nitrogen and oxygen atoms in total. The van der Waals surface area contributed by atoms with Crippen LogP contribution in [0, 0.1) is 5.92 Å². The van der Waals surface area contributed by atoms with Gasteiger partial charge < -0.3 is 15.4 Å². The number of hydrogen-bond acceptors (Lipinski definition) is 3. The Balaban J connectivity index is 2.16. The molecule has 17 heavy (non-hydrogen) atoms. The van der Waals surface area contributed by atoms with E-state index in [1.54, 1.807) is 7.11 Å². The number of fused-ring (bicyclic) bond motifs is 1. The summed E-state index contributed by atoms with van der Waals surface area (Å²) in [7, 11) is 1.72. The van der Waals surface area contributed by atoms with Crippen molar-refractivity contribution in [2.45, 2.75) is 26.3 Å². The summed E-state index contributed by atoms with van der Waals surface area (Å²) in [6, 6.07) is 6.71. The molecule has 0 aliphatic carbocycles. The molecule has 94 valence electrons. The van der Waals surface area contributed by atoms with Gasteiger partial charge in [0.25, 0.3) is 0 Å². The fourth-order valence-electron chi connectivity index (χ4n) is 2.21. The molecule has 0 spiro atoms. The van der Waals surface area contributed by atoms with E-state index >= 15 is 0 Å². The second-order valence-electron chi connectivity index (χ2n) is 5.02. The minimum Gasteiger partial charge on any atom is -0.497 e. The molecule has 0 saturated heterocycles. The number of rotatable bonds is 4. The molecule has 1 aliphatic rings. The molecule has 1 heterocycles. The largest absolute Gasteiger partial charge is 0.497 e. The Morgan fingerprint density at radius 2 is 2.29 bits per heavy atom. The van der Waals surface area contributed by atoms with E-state index in [-0.39, 0.29) is 0 Å². The van der Waals surface area contributed by atoms with Crippen molar-refractivity contribution in [3.63, 3.8) is 0 Å². The van der Waals surface area contributed by atoms with Gasteiger partial charge in [0.2, 0.25) is 0 Å². The quantitative estimate of drug-likeness (QED) is 0.840. The molecule has 0 amide bonds. The third kappa shape index (κ3) is 2.91. The SMILES string of the molecule is COc1ccc2c(c1)C(NCC(C)C)CCN2. The number of nitrogens with one attached hydrogen (secondary N) is 2. The monoisotopic (exact) mass is 234 g/mol. The van der Waals surface area contributed by atoms with Gasteiger partial charge in [-0.05, 0) is 42.6 Å². The van der Waals surface area contributed by atoms with Crippen molar-refractivity contribution in [3.8, 4) is 5.75 Å². The van der Waals surface area contributed by atoms with E-state index in [1.807, 2.05) is 6.07 Å². The topological polar surface area (TPSA) is 33.3 Å². The molecular formula is C14H22N2O. The summed E-state index contributed by atoms with van der Waals surface area (Å²) in [4.78, 5) is 0. The molecule has 3 heteroatoms. The average Bonchev–Trinajstić information content (AvgIpc) is 2.35. The molecule has 1 atom stereocenters. The van der Waals surface area contributed by atoms with Crippen molar-refractivity contribution in [3.05, 3.63) is 23.8 Å². The third-order valence-electron chi connectivity index (χ3n) is 3.16. The van der Waals surface area contributed by atoms with Gasteiger partial charge in [0.1, 0.15) is 5.75 Å². The predicted octanol–water partition coefficient (Wildman–Crippen LogP) is 2.80. The molecule has 1 aliphatic heterocycles. The Kier molecular flexibility index (Phi) is 3.89. The van der Waals surface area contributed by atoms with Crippen molar-refractivity contribution in [1.29, 1.82) is 0 Å². The lowest BCUT2D eigenvalue weighted by molar-refractivity contribution is 0.410. The Bertz CT molecular complexity index is 376. The maximum Gasteiger partial charge on any atom is 0.119 e. The van der Waals surface area contributed by atoms with Crippen LogP contribution in [0.3, 0.4) is 0 Å². The van der Waals surface area contributed by atoms with E-state index in [0.717, 1.165) is 25.3 Å². The highest BCUT2D eigenvalue weighted by molar-refractivity contribution is 5.57. The molecule has 0 saturated carbocycles. The highest BCUT2D eigenvalue weighted by atomic mass is 16.5. The minimum atomic E-state index is 0.448. The lowest BCUT2D eigenvalue weighted by Crippen LogP contribution is -2.30. The molecule has 0 fully saturated rings. The zero-order valence-corrected chi connectivity index (χ0v) is 10.9. The van der Waals surface area contributed by atoms with Gasteiger partial charge in [-0.1, -0.05) is 13.8 Å². The van der Waals surface area contributed by atoms with Gasteiger partial charge in [0.05, 0.1) is 7.11 Å². The second kappa shape index (κ2) is 5.41. The fraction of sp³-hybridized carbons (Fsp3) is 0.571. The number of benzene rings is 1. The summed E-state index contributed by atoms with van der Waals surface area (Å²) in [5, 5.41) is 7.07. The average molecular weight is 234 g/mol. The first kappa shape index (κ1) is 12.2. The van der Waals surface area contributed by atoms with Crippen molar-refractivity contribution in [2.75, 3.05) is 25.5 Å². The molecule has 0 aromatic heterocycles. The Morgan fingerprint density at radius 1 is 1.47 bits per heavy atom. The molecule has 2 rings (SSSR count). The van der Waals surface area contributed by atoms with E-state index in [2.05, 4.69) is 36.6 Å². The summed E-state index contributed by atoms with van der Waals surface area (Å²) in [6.45, 7) is 6.57. The third-order valence-corrected chi connectivity index (χ3v) is 3.16. The predicted molar refractivity (Wildman–Crippen MR) is 71.7 cm³/mol.